The summed E-state index contributed by atoms with van der Waals surface area (Å²) in [7, 11) is 1.52. The van der Waals surface area contributed by atoms with E-state index in [9.17, 15) is 19.7 Å². The highest BCUT2D eigenvalue weighted by Crippen LogP contribution is 2.37. The van der Waals surface area contributed by atoms with Crippen molar-refractivity contribution < 1.29 is 23.6 Å². The Morgan fingerprint density at radius 3 is 2.64 bits per heavy atom. The molecule has 10 nitrogen and oxygen atoms in total. The van der Waals surface area contributed by atoms with Gasteiger partial charge in [-0.1, -0.05) is 33.3 Å². The highest BCUT2D eigenvalue weighted by molar-refractivity contribution is 9.10. The maximum atomic E-state index is 14.0. The molecule has 0 saturated carbocycles. The molecule has 216 valence electrons. The van der Waals surface area contributed by atoms with Gasteiger partial charge in [-0.3, -0.25) is 19.5 Å². The standard InChI is InChI=1S/C30H26BrN3O7S/c1-15(2)40-29(36)26-17(4)32-30-33(27(26)21-13-18(31)7-10-23(21)39-5)28(35)25(42-30)14-19-8-11-24(41-19)20-9-6-16(3)12-22(20)34(37)38/h6-15,27H,1-5H3/b25-14-/t27-/m0/s1. The minimum atomic E-state index is -0.871. The van der Waals surface area contributed by atoms with Crippen molar-refractivity contribution in [3.8, 4) is 17.1 Å². The Morgan fingerprint density at radius 2 is 1.95 bits per heavy atom. The summed E-state index contributed by atoms with van der Waals surface area (Å²) in [5, 5.41) is 11.6. The number of halogens is 1. The van der Waals surface area contributed by atoms with Gasteiger partial charge in [-0.25, -0.2) is 9.79 Å². The number of methoxy groups -OCH3 is 1. The normalized spacial score (nSPS) is 15.0. The van der Waals surface area contributed by atoms with Crippen LogP contribution in [0.3, 0.4) is 0 Å². The maximum absolute atomic E-state index is 14.0. The molecule has 0 radical (unpaired) electrons. The van der Waals surface area contributed by atoms with Gasteiger partial charge in [-0.05, 0) is 69.7 Å². The molecule has 0 unspecified atom stereocenters. The molecule has 1 aliphatic rings. The maximum Gasteiger partial charge on any atom is 0.338 e. The highest BCUT2D eigenvalue weighted by Gasteiger charge is 2.35. The number of carbonyl (C=O) groups is 1. The Kier molecular flexibility index (Phi) is 8.02. The van der Waals surface area contributed by atoms with Crippen molar-refractivity contribution in [2.24, 2.45) is 4.99 Å². The van der Waals surface area contributed by atoms with Gasteiger partial charge in [-0.2, -0.15) is 0 Å². The Balaban J connectivity index is 1.67. The summed E-state index contributed by atoms with van der Waals surface area (Å²) in [5.41, 5.74) is 1.84. The van der Waals surface area contributed by atoms with Gasteiger partial charge in [0, 0.05) is 22.2 Å². The van der Waals surface area contributed by atoms with Gasteiger partial charge in [0.2, 0.25) is 0 Å². The van der Waals surface area contributed by atoms with E-state index in [0.717, 1.165) is 21.4 Å². The van der Waals surface area contributed by atoms with Crippen molar-refractivity contribution in [1.29, 1.82) is 0 Å². The minimum absolute atomic E-state index is 0.0745. The van der Waals surface area contributed by atoms with Crippen LogP contribution >= 0.6 is 27.3 Å². The molecule has 0 aliphatic carbocycles. The van der Waals surface area contributed by atoms with Crippen LogP contribution in [0.5, 0.6) is 5.75 Å². The lowest BCUT2D eigenvalue weighted by Gasteiger charge is -2.26. The first-order chi connectivity index (χ1) is 20.0. The number of nitrogens with zero attached hydrogens (tertiary/aromatic N) is 3. The van der Waals surface area contributed by atoms with Crippen LogP contribution in [0.25, 0.3) is 17.4 Å². The Bertz CT molecular complexity index is 1950. The zero-order valence-corrected chi connectivity index (χ0v) is 25.7. The first kappa shape index (κ1) is 29.2. The molecule has 0 amide bonds. The molecule has 0 spiro atoms. The number of allylic oxidation sites excluding steroid dienone is 1. The molecule has 2 aromatic carbocycles. The monoisotopic (exact) mass is 651 g/mol. The van der Waals surface area contributed by atoms with Crippen molar-refractivity contribution in [2.45, 2.75) is 39.8 Å². The number of hydrogen-bond acceptors (Lipinski definition) is 9. The molecule has 12 heteroatoms. The molecule has 5 rings (SSSR count). The number of rotatable bonds is 7. The van der Waals surface area contributed by atoms with Crippen molar-refractivity contribution >= 4 is 45.0 Å². The molecule has 4 aromatic rings. The summed E-state index contributed by atoms with van der Waals surface area (Å²) in [6, 6.07) is 12.6. The summed E-state index contributed by atoms with van der Waals surface area (Å²) in [4.78, 5) is 43.5. The Morgan fingerprint density at radius 1 is 1.19 bits per heavy atom. The van der Waals surface area contributed by atoms with Crippen molar-refractivity contribution in [3.63, 3.8) is 0 Å². The molecular formula is C30H26BrN3O7S. The highest BCUT2D eigenvalue weighted by atomic mass is 79.9. The first-order valence-electron chi connectivity index (χ1n) is 12.9. The number of nitro benzene ring substituents is 1. The van der Waals surface area contributed by atoms with Crippen molar-refractivity contribution in [3.05, 3.63) is 111 Å². The number of aromatic nitrogens is 1. The molecule has 0 fully saturated rings. The second-order valence-electron chi connectivity index (χ2n) is 9.90. The zero-order valence-electron chi connectivity index (χ0n) is 23.3. The molecule has 0 bridgehead atoms. The fourth-order valence-electron chi connectivity index (χ4n) is 4.78. The van der Waals surface area contributed by atoms with E-state index in [-0.39, 0.29) is 17.4 Å². The summed E-state index contributed by atoms with van der Waals surface area (Å²) in [6.45, 7) is 6.98. The van der Waals surface area contributed by atoms with Gasteiger partial charge in [0.15, 0.2) is 4.80 Å². The third-order valence-corrected chi connectivity index (χ3v) is 8.06. The number of nitro groups is 1. The van der Waals surface area contributed by atoms with Gasteiger partial charge in [0.1, 0.15) is 23.3 Å². The van der Waals surface area contributed by atoms with E-state index in [0.29, 0.717) is 43.4 Å². The SMILES string of the molecule is COc1ccc(Br)cc1[C@H]1C(C(=O)OC(C)C)=C(C)N=c2s/c(=C\c3ccc(-c4ccc(C)cc4[N+](=O)[O-])o3)c(=O)n21. The topological polar surface area (TPSA) is 126 Å². The number of esters is 1. The molecule has 1 aliphatic heterocycles. The fourth-order valence-corrected chi connectivity index (χ4v) is 6.18. The number of thiazole rings is 1. The van der Waals surface area contributed by atoms with Crippen molar-refractivity contribution in [1.82, 2.24) is 4.57 Å². The number of aryl methyl sites for hydroxylation is 1. The van der Waals surface area contributed by atoms with Crippen LogP contribution < -0.4 is 19.6 Å². The number of benzene rings is 2. The summed E-state index contributed by atoms with van der Waals surface area (Å²) < 4.78 is 19.6. The Labute approximate surface area is 252 Å². The van der Waals surface area contributed by atoms with Crippen LogP contribution in [-0.4, -0.2) is 28.7 Å². The van der Waals surface area contributed by atoms with Gasteiger partial charge in [0.05, 0.1) is 39.5 Å². The minimum Gasteiger partial charge on any atom is -0.496 e. The second-order valence-corrected chi connectivity index (χ2v) is 11.8. The fraction of sp³-hybridized carbons (Fsp3) is 0.233. The average molecular weight is 653 g/mol. The number of furan rings is 1. The lowest BCUT2D eigenvalue weighted by molar-refractivity contribution is -0.384. The summed E-state index contributed by atoms with van der Waals surface area (Å²) in [5.74, 6) is 0.532. The predicted octanol–water partition coefficient (Wildman–Crippen LogP) is 5.43. The molecule has 0 saturated heterocycles. The van der Waals surface area contributed by atoms with E-state index in [1.54, 1.807) is 70.2 Å². The van der Waals surface area contributed by atoms with Crippen LogP contribution in [0.1, 0.15) is 43.7 Å². The summed E-state index contributed by atoms with van der Waals surface area (Å²) in [6.07, 6.45) is 1.18. The molecular weight excluding hydrogens is 626 g/mol. The Hall–Kier alpha value is -4.29. The number of fused-ring (bicyclic) bond motifs is 1. The largest absolute Gasteiger partial charge is 0.496 e. The number of carbonyl (C=O) groups excluding carboxylic acids is 1. The third-order valence-electron chi connectivity index (χ3n) is 6.59. The molecule has 3 heterocycles. The molecule has 42 heavy (non-hydrogen) atoms. The van der Waals surface area contributed by atoms with Crippen LogP contribution in [0.4, 0.5) is 5.69 Å². The molecule has 1 atom stereocenters. The second kappa shape index (κ2) is 11.5. The first-order valence-corrected chi connectivity index (χ1v) is 14.5. The van der Waals surface area contributed by atoms with E-state index in [2.05, 4.69) is 20.9 Å². The van der Waals surface area contributed by atoms with Gasteiger partial charge in [0.25, 0.3) is 11.2 Å². The van der Waals surface area contributed by atoms with E-state index >= 15 is 0 Å². The average Bonchev–Trinajstić information content (AvgIpc) is 3.51. The van der Waals surface area contributed by atoms with Crippen molar-refractivity contribution in [2.75, 3.05) is 7.11 Å². The predicted molar refractivity (Wildman–Crippen MR) is 161 cm³/mol. The van der Waals surface area contributed by atoms with Crippen LogP contribution in [0, 0.1) is 17.0 Å². The smallest absolute Gasteiger partial charge is 0.338 e. The lowest BCUT2D eigenvalue weighted by Crippen LogP contribution is -2.40. The van der Waals surface area contributed by atoms with Crippen LogP contribution in [0.15, 0.2) is 78.5 Å². The van der Waals surface area contributed by atoms with E-state index in [1.165, 1.54) is 17.7 Å². The number of hydrogen-bond donors (Lipinski definition) is 0. The van der Waals surface area contributed by atoms with Gasteiger partial charge < -0.3 is 13.9 Å². The quantitative estimate of drug-likeness (QED) is 0.148. The van der Waals surface area contributed by atoms with E-state index in [1.807, 2.05) is 6.07 Å². The summed E-state index contributed by atoms with van der Waals surface area (Å²) >= 11 is 4.64. The van der Waals surface area contributed by atoms with Gasteiger partial charge >= 0.3 is 5.97 Å². The van der Waals surface area contributed by atoms with E-state index < -0.39 is 22.5 Å². The van der Waals surface area contributed by atoms with Crippen LogP contribution in [-0.2, 0) is 9.53 Å². The molecule has 0 N–H and O–H groups in total. The number of ether oxygens (including phenoxy) is 2. The lowest BCUT2D eigenvalue weighted by atomic mass is 9.95. The molecule has 2 aromatic heterocycles. The zero-order chi connectivity index (χ0) is 30.3. The van der Waals surface area contributed by atoms with E-state index in [4.69, 9.17) is 13.9 Å². The van der Waals surface area contributed by atoms with Crippen LogP contribution in [0.2, 0.25) is 0 Å². The van der Waals surface area contributed by atoms with Gasteiger partial charge in [-0.15, -0.1) is 0 Å². The third kappa shape index (κ3) is 5.47.